The zero-order valence-corrected chi connectivity index (χ0v) is 33.6. The molecule has 0 saturated heterocycles. The van der Waals surface area contributed by atoms with Crippen LogP contribution >= 0.6 is 7.82 Å². The number of phosphoric acid groups is 1. The second-order valence-electron chi connectivity index (χ2n) is 15.0. The number of hydrogen-bond donors (Lipinski definition) is 9. The Balaban J connectivity index is 2.64. The van der Waals surface area contributed by atoms with Crippen LogP contribution in [0.25, 0.3) is 0 Å². The molecule has 0 aromatic rings. The Morgan fingerprint density at radius 2 is 1.08 bits per heavy atom. The molecule has 0 aromatic carbocycles. The average molecular weight is 782 g/mol. The quantitative estimate of drug-likeness (QED) is 0.0230. The highest BCUT2D eigenvalue weighted by Gasteiger charge is 2.51. The molecular weight excluding hydrogens is 705 g/mol. The van der Waals surface area contributed by atoms with Gasteiger partial charge in [-0.25, -0.2) is 4.57 Å². The Bertz CT molecular complexity index is 974. The summed E-state index contributed by atoms with van der Waals surface area (Å²) in [5.41, 5.74) is 0. The molecule has 1 saturated carbocycles. The first-order valence-electron chi connectivity index (χ1n) is 20.7. The van der Waals surface area contributed by atoms with Gasteiger partial charge in [0.05, 0.1) is 31.3 Å². The lowest BCUT2D eigenvalue weighted by Crippen LogP contribution is -2.64. The number of nitrogens with one attached hydrogen (secondary N) is 1. The summed E-state index contributed by atoms with van der Waals surface area (Å²) in [5, 5.41) is 74.1. The van der Waals surface area contributed by atoms with Crippen LogP contribution in [0.4, 0.5) is 0 Å². The molecule has 13 nitrogen and oxygen atoms in total. The van der Waals surface area contributed by atoms with Crippen molar-refractivity contribution < 1.29 is 59.0 Å². The highest BCUT2D eigenvalue weighted by Crippen LogP contribution is 2.47. The molecule has 0 spiro atoms. The van der Waals surface area contributed by atoms with Gasteiger partial charge in [-0.1, -0.05) is 154 Å². The fraction of sp³-hybridized carbons (Fsp3) is 0.923. The summed E-state index contributed by atoms with van der Waals surface area (Å²) >= 11 is 0. The van der Waals surface area contributed by atoms with Crippen LogP contribution in [0.1, 0.15) is 168 Å². The zero-order chi connectivity index (χ0) is 39.5. The largest absolute Gasteiger partial charge is 0.472 e. The van der Waals surface area contributed by atoms with E-state index in [0.29, 0.717) is 12.8 Å². The Kier molecular flexibility index (Phi) is 28.5. The Hall–Kier alpha value is -0.960. The third kappa shape index (κ3) is 23.0. The first-order valence-corrected chi connectivity index (χ1v) is 22.2. The van der Waals surface area contributed by atoms with E-state index in [2.05, 4.69) is 19.2 Å². The summed E-state index contributed by atoms with van der Waals surface area (Å²) in [6, 6.07) is -1.23. The summed E-state index contributed by atoms with van der Waals surface area (Å²) < 4.78 is 22.8. The molecule has 14 heteroatoms. The van der Waals surface area contributed by atoms with Crippen LogP contribution in [0, 0.1) is 0 Å². The Labute approximate surface area is 319 Å². The van der Waals surface area contributed by atoms with Crippen molar-refractivity contribution in [2.45, 2.75) is 223 Å². The van der Waals surface area contributed by atoms with Crippen molar-refractivity contribution >= 4 is 13.7 Å². The van der Waals surface area contributed by atoms with Crippen molar-refractivity contribution in [2.75, 3.05) is 6.61 Å². The van der Waals surface area contributed by atoms with Crippen LogP contribution in [-0.4, -0.2) is 108 Å². The van der Waals surface area contributed by atoms with E-state index in [-0.39, 0.29) is 6.42 Å². The first kappa shape index (κ1) is 50.1. The Morgan fingerprint density at radius 3 is 1.55 bits per heavy atom. The van der Waals surface area contributed by atoms with Crippen LogP contribution in [0.5, 0.6) is 0 Å². The van der Waals surface area contributed by atoms with Gasteiger partial charge in [-0.2, -0.15) is 0 Å². The van der Waals surface area contributed by atoms with Crippen LogP contribution < -0.4 is 5.32 Å². The standard InChI is InChI=1S/C39H76NO12P/c1-3-5-7-9-11-13-15-16-17-19-21-23-25-27-32(42)31(29-51-53(49,50)52-39-37(47)35(45)34(44)36(46)38(39)48)40-33(43)28-30(41)26-24-22-20-18-14-12-10-8-6-4-2/h25,27,30-32,34-39,41-42,44-48H,3-24,26,28-29H2,1-2H3,(H,40,43)(H,49,50)/b27-25+. The number of carbonyl (C=O) groups excluding carboxylic acids is 1. The number of aliphatic hydroxyl groups is 7. The van der Waals surface area contributed by atoms with E-state index in [4.69, 9.17) is 9.05 Å². The van der Waals surface area contributed by atoms with Crippen molar-refractivity contribution in [3.63, 3.8) is 0 Å². The molecule has 0 radical (unpaired) electrons. The number of rotatable bonds is 33. The maximum absolute atomic E-state index is 12.9. The minimum atomic E-state index is -5.13. The molecule has 8 unspecified atom stereocenters. The van der Waals surface area contributed by atoms with Gasteiger partial charge in [-0.05, 0) is 19.3 Å². The minimum absolute atomic E-state index is 0.241. The molecule has 9 N–H and O–H groups in total. The lowest BCUT2D eigenvalue weighted by molar-refractivity contribution is -0.220. The molecule has 0 aromatic heterocycles. The smallest absolute Gasteiger partial charge is 0.393 e. The van der Waals surface area contributed by atoms with Gasteiger partial charge in [0.2, 0.25) is 5.91 Å². The molecule has 1 amide bonds. The maximum Gasteiger partial charge on any atom is 0.472 e. The number of unbranched alkanes of at least 4 members (excludes halogenated alkanes) is 20. The SMILES string of the molecule is CCCCCCCCCCCCC/C=C/C(O)C(COP(=O)(O)OC1C(O)C(O)C(O)C(O)C1O)NC(=O)CC(O)CCCCCCCCCCCC. The molecule has 0 aliphatic heterocycles. The first-order chi connectivity index (χ1) is 25.3. The fourth-order valence-corrected chi connectivity index (χ4v) is 7.62. The lowest BCUT2D eigenvalue weighted by atomic mass is 9.85. The third-order valence-corrected chi connectivity index (χ3v) is 11.1. The number of amides is 1. The molecule has 0 bridgehead atoms. The van der Waals surface area contributed by atoms with Gasteiger partial charge in [0.1, 0.15) is 36.6 Å². The van der Waals surface area contributed by atoms with Crippen LogP contribution in [0.2, 0.25) is 0 Å². The van der Waals surface area contributed by atoms with Gasteiger partial charge in [-0.3, -0.25) is 13.8 Å². The topological polar surface area (TPSA) is 226 Å². The molecular formula is C39H76NO12P. The highest BCUT2D eigenvalue weighted by molar-refractivity contribution is 7.47. The van der Waals surface area contributed by atoms with E-state index in [9.17, 15) is 50.0 Å². The molecule has 8 atom stereocenters. The molecule has 1 aliphatic rings. The van der Waals surface area contributed by atoms with Crippen molar-refractivity contribution in [3.05, 3.63) is 12.2 Å². The van der Waals surface area contributed by atoms with E-state index in [1.54, 1.807) is 6.08 Å². The van der Waals surface area contributed by atoms with E-state index >= 15 is 0 Å². The van der Waals surface area contributed by atoms with Gasteiger partial charge in [0.15, 0.2) is 0 Å². The van der Waals surface area contributed by atoms with Crippen LogP contribution in [0.15, 0.2) is 12.2 Å². The number of phosphoric ester groups is 1. The molecule has 1 rings (SSSR count). The van der Waals surface area contributed by atoms with Gasteiger partial charge >= 0.3 is 7.82 Å². The van der Waals surface area contributed by atoms with E-state index in [0.717, 1.165) is 44.9 Å². The number of aliphatic hydroxyl groups excluding tert-OH is 7. The monoisotopic (exact) mass is 782 g/mol. The van der Waals surface area contributed by atoms with Crippen molar-refractivity contribution in [1.29, 1.82) is 0 Å². The zero-order valence-electron chi connectivity index (χ0n) is 32.7. The van der Waals surface area contributed by atoms with E-state index in [1.165, 1.54) is 96.0 Å². The summed E-state index contributed by atoms with van der Waals surface area (Å²) in [7, 11) is -5.13. The average Bonchev–Trinajstić information content (AvgIpc) is 3.12. The van der Waals surface area contributed by atoms with Crippen molar-refractivity contribution in [2.24, 2.45) is 0 Å². The molecule has 1 fully saturated rings. The third-order valence-electron chi connectivity index (χ3n) is 10.1. The number of allylic oxidation sites excluding steroid dienone is 1. The molecule has 1 aliphatic carbocycles. The summed E-state index contributed by atoms with van der Waals surface area (Å²) in [6.07, 6.45) is 14.6. The predicted octanol–water partition coefficient (Wildman–Crippen LogP) is 5.47. The van der Waals surface area contributed by atoms with Crippen LogP contribution in [0.3, 0.4) is 0 Å². The van der Waals surface area contributed by atoms with Gasteiger partial charge in [-0.15, -0.1) is 0 Å². The van der Waals surface area contributed by atoms with Crippen molar-refractivity contribution in [1.82, 2.24) is 5.32 Å². The van der Waals surface area contributed by atoms with E-state index in [1.807, 2.05) is 0 Å². The Morgan fingerprint density at radius 1 is 0.660 bits per heavy atom. The summed E-state index contributed by atoms with van der Waals surface area (Å²) in [5.74, 6) is -0.594. The van der Waals surface area contributed by atoms with E-state index < -0.39 is 75.2 Å². The maximum atomic E-state index is 12.9. The lowest BCUT2D eigenvalue weighted by Gasteiger charge is -2.41. The summed E-state index contributed by atoms with van der Waals surface area (Å²) in [4.78, 5) is 23.3. The highest BCUT2D eigenvalue weighted by atomic mass is 31.2. The number of carbonyl (C=O) groups is 1. The minimum Gasteiger partial charge on any atom is -0.393 e. The van der Waals surface area contributed by atoms with Gasteiger partial charge in [0, 0.05) is 0 Å². The molecule has 53 heavy (non-hydrogen) atoms. The second-order valence-corrected chi connectivity index (χ2v) is 16.4. The predicted molar refractivity (Wildman–Crippen MR) is 206 cm³/mol. The normalized spacial score (nSPS) is 24.9. The second kappa shape index (κ2) is 30.2. The van der Waals surface area contributed by atoms with Gasteiger partial charge in [0.25, 0.3) is 0 Å². The molecule has 314 valence electrons. The van der Waals surface area contributed by atoms with Crippen molar-refractivity contribution in [3.8, 4) is 0 Å². The summed E-state index contributed by atoms with van der Waals surface area (Å²) in [6.45, 7) is 3.69. The fourth-order valence-electron chi connectivity index (χ4n) is 6.65. The van der Waals surface area contributed by atoms with Crippen LogP contribution in [-0.2, 0) is 18.4 Å². The number of hydrogen-bond acceptors (Lipinski definition) is 11. The molecule has 0 heterocycles. The van der Waals surface area contributed by atoms with Gasteiger partial charge < -0.3 is 46.0 Å².